The smallest absolute Gasteiger partial charge is 0.189 e. The van der Waals surface area contributed by atoms with Crippen LogP contribution in [0.3, 0.4) is 0 Å². The molecule has 1 N–H and O–H groups in total. The Balaban J connectivity index is 1.88. The summed E-state index contributed by atoms with van der Waals surface area (Å²) in [5, 5.41) is 3.59. The molecular weight excluding hydrogens is 242 g/mol. The maximum atomic E-state index is 5.55. The molecule has 1 fully saturated rings. The molecule has 0 radical (unpaired) electrons. The molecule has 2 aliphatic rings. The van der Waals surface area contributed by atoms with E-state index in [1.54, 1.807) is 7.11 Å². The zero-order valence-electron chi connectivity index (χ0n) is 11.4. The number of fused-ring (bicyclic) bond motifs is 1. The summed E-state index contributed by atoms with van der Waals surface area (Å²) in [6, 6.07) is 4.52. The molecule has 1 aromatic carbocycles. The van der Waals surface area contributed by atoms with Crippen LogP contribution in [0.4, 0.5) is 0 Å². The van der Waals surface area contributed by atoms with Gasteiger partial charge in [0.1, 0.15) is 11.5 Å². The predicted octanol–water partition coefficient (Wildman–Crippen LogP) is 2.25. The summed E-state index contributed by atoms with van der Waals surface area (Å²) in [6.45, 7) is 2.09. The van der Waals surface area contributed by atoms with Crippen LogP contribution in [0, 0.1) is 0 Å². The highest BCUT2D eigenvalue weighted by molar-refractivity contribution is 5.49. The molecule has 0 aliphatic carbocycles. The minimum atomic E-state index is 0.348. The summed E-state index contributed by atoms with van der Waals surface area (Å²) in [5.74, 6) is 1.89. The van der Waals surface area contributed by atoms with E-state index in [-0.39, 0.29) is 0 Å². The van der Waals surface area contributed by atoms with Crippen molar-refractivity contribution in [1.82, 2.24) is 5.32 Å². The van der Waals surface area contributed by atoms with E-state index in [0.717, 1.165) is 30.0 Å². The number of nitrogens with one attached hydrogen (secondary N) is 1. The van der Waals surface area contributed by atoms with E-state index in [2.05, 4.69) is 5.32 Å². The van der Waals surface area contributed by atoms with Crippen LogP contribution in [0.5, 0.6) is 11.5 Å². The largest absolute Gasteiger partial charge is 0.496 e. The van der Waals surface area contributed by atoms with Gasteiger partial charge in [0.15, 0.2) is 6.79 Å². The number of hydrogen-bond donors (Lipinski definition) is 1. The number of rotatable bonds is 3. The Labute approximate surface area is 114 Å². The number of ether oxygens (including phenoxy) is 3. The summed E-state index contributed by atoms with van der Waals surface area (Å²) in [7, 11) is 1.73. The Kier molecular flexibility index (Phi) is 3.89. The second kappa shape index (κ2) is 5.80. The number of hydrogen-bond acceptors (Lipinski definition) is 4. The molecule has 2 heterocycles. The van der Waals surface area contributed by atoms with Crippen molar-refractivity contribution in [2.45, 2.75) is 38.3 Å². The molecule has 104 valence electrons. The lowest BCUT2D eigenvalue weighted by Crippen LogP contribution is -2.36. The molecule has 1 saturated heterocycles. The summed E-state index contributed by atoms with van der Waals surface area (Å²) >= 11 is 0. The average Bonchev–Trinajstić information content (AvgIpc) is 2.49. The van der Waals surface area contributed by atoms with Gasteiger partial charge in [-0.05, 0) is 37.9 Å². The van der Waals surface area contributed by atoms with Gasteiger partial charge in [-0.3, -0.25) is 0 Å². The van der Waals surface area contributed by atoms with Crippen molar-refractivity contribution in [3.8, 4) is 11.5 Å². The molecule has 0 spiro atoms. The van der Waals surface area contributed by atoms with Gasteiger partial charge in [0.2, 0.25) is 0 Å². The second-order valence-electron chi connectivity index (χ2n) is 5.18. The Morgan fingerprint density at radius 2 is 2.32 bits per heavy atom. The third kappa shape index (κ3) is 2.69. The lowest BCUT2D eigenvalue weighted by atomic mass is 9.93. The van der Waals surface area contributed by atoms with E-state index in [1.165, 1.54) is 24.8 Å². The molecule has 4 heteroatoms. The van der Waals surface area contributed by atoms with Crippen LogP contribution < -0.4 is 14.8 Å². The molecule has 0 bridgehead atoms. The highest BCUT2D eigenvalue weighted by Crippen LogP contribution is 2.34. The maximum Gasteiger partial charge on any atom is 0.189 e. The van der Waals surface area contributed by atoms with Crippen LogP contribution in [0.1, 0.15) is 30.4 Å². The standard InChI is InChI=1S/C15H21NO3/c1-17-14-5-6-15-13(9-18-10-19-15)12(14)8-11-4-2-3-7-16-11/h5-6,11,16H,2-4,7-10H2,1H3. The molecule has 2 aliphatic heterocycles. The van der Waals surface area contributed by atoms with E-state index in [9.17, 15) is 0 Å². The minimum Gasteiger partial charge on any atom is -0.496 e. The van der Waals surface area contributed by atoms with Crippen molar-refractivity contribution in [2.24, 2.45) is 0 Å². The van der Waals surface area contributed by atoms with E-state index >= 15 is 0 Å². The van der Waals surface area contributed by atoms with Gasteiger partial charge in [0.25, 0.3) is 0 Å². The summed E-state index contributed by atoms with van der Waals surface area (Å²) in [5.41, 5.74) is 2.39. The van der Waals surface area contributed by atoms with Crippen LogP contribution in [0.2, 0.25) is 0 Å². The van der Waals surface area contributed by atoms with Crippen LogP contribution >= 0.6 is 0 Å². The SMILES string of the molecule is COc1ccc2c(c1CC1CCCCN1)COCO2. The summed E-state index contributed by atoms with van der Waals surface area (Å²) in [4.78, 5) is 0. The number of benzene rings is 1. The molecule has 19 heavy (non-hydrogen) atoms. The molecular formula is C15H21NO3. The monoisotopic (exact) mass is 263 g/mol. The first-order valence-corrected chi connectivity index (χ1v) is 7.01. The number of piperidine rings is 1. The summed E-state index contributed by atoms with van der Waals surface area (Å²) < 4.78 is 16.5. The first-order chi connectivity index (χ1) is 9.38. The van der Waals surface area contributed by atoms with Gasteiger partial charge in [0, 0.05) is 17.2 Å². The summed E-state index contributed by atoms with van der Waals surface area (Å²) in [6.07, 6.45) is 4.81. The zero-order valence-corrected chi connectivity index (χ0v) is 11.4. The van der Waals surface area contributed by atoms with Crippen molar-refractivity contribution in [3.05, 3.63) is 23.3 Å². The zero-order chi connectivity index (χ0) is 13.1. The lowest BCUT2D eigenvalue weighted by molar-refractivity contribution is -0.0170. The normalized spacial score (nSPS) is 22.5. The van der Waals surface area contributed by atoms with Crippen LogP contribution in [-0.2, 0) is 17.8 Å². The van der Waals surface area contributed by atoms with Crippen molar-refractivity contribution in [3.63, 3.8) is 0 Å². The Bertz CT molecular complexity index is 441. The van der Waals surface area contributed by atoms with Crippen molar-refractivity contribution >= 4 is 0 Å². The van der Waals surface area contributed by atoms with E-state index in [4.69, 9.17) is 14.2 Å². The van der Waals surface area contributed by atoms with Gasteiger partial charge in [-0.1, -0.05) is 6.42 Å². The second-order valence-corrected chi connectivity index (χ2v) is 5.18. The predicted molar refractivity (Wildman–Crippen MR) is 72.6 cm³/mol. The van der Waals surface area contributed by atoms with Crippen LogP contribution in [0.25, 0.3) is 0 Å². The van der Waals surface area contributed by atoms with Crippen LogP contribution in [-0.4, -0.2) is 26.5 Å². The fourth-order valence-electron chi connectivity index (χ4n) is 2.95. The van der Waals surface area contributed by atoms with Gasteiger partial charge < -0.3 is 19.5 Å². The minimum absolute atomic E-state index is 0.348. The highest BCUT2D eigenvalue weighted by Gasteiger charge is 2.22. The lowest BCUT2D eigenvalue weighted by Gasteiger charge is -2.27. The quantitative estimate of drug-likeness (QED) is 0.908. The first kappa shape index (κ1) is 12.8. The number of methoxy groups -OCH3 is 1. The molecule has 0 saturated carbocycles. The Morgan fingerprint density at radius 3 is 3.11 bits per heavy atom. The topological polar surface area (TPSA) is 39.7 Å². The molecule has 3 rings (SSSR count). The third-order valence-electron chi connectivity index (χ3n) is 3.97. The molecule has 1 atom stereocenters. The van der Waals surface area contributed by atoms with Crippen LogP contribution in [0.15, 0.2) is 12.1 Å². The fourth-order valence-corrected chi connectivity index (χ4v) is 2.95. The van der Waals surface area contributed by atoms with Gasteiger partial charge in [-0.2, -0.15) is 0 Å². The van der Waals surface area contributed by atoms with Gasteiger partial charge in [-0.15, -0.1) is 0 Å². The maximum absolute atomic E-state index is 5.55. The molecule has 1 unspecified atom stereocenters. The molecule has 1 aromatic rings. The van der Waals surface area contributed by atoms with Gasteiger partial charge in [0.05, 0.1) is 13.7 Å². The van der Waals surface area contributed by atoms with E-state index in [0.29, 0.717) is 19.4 Å². The van der Waals surface area contributed by atoms with Gasteiger partial charge >= 0.3 is 0 Å². The molecule has 4 nitrogen and oxygen atoms in total. The highest BCUT2D eigenvalue weighted by atomic mass is 16.7. The Hall–Kier alpha value is -1.26. The van der Waals surface area contributed by atoms with Crippen molar-refractivity contribution < 1.29 is 14.2 Å². The fraction of sp³-hybridized carbons (Fsp3) is 0.600. The van der Waals surface area contributed by atoms with Gasteiger partial charge in [-0.25, -0.2) is 0 Å². The van der Waals surface area contributed by atoms with E-state index < -0.39 is 0 Å². The molecule has 0 amide bonds. The van der Waals surface area contributed by atoms with Crippen molar-refractivity contribution in [1.29, 1.82) is 0 Å². The average molecular weight is 263 g/mol. The van der Waals surface area contributed by atoms with E-state index in [1.807, 2.05) is 12.1 Å². The molecule has 0 aromatic heterocycles. The third-order valence-corrected chi connectivity index (χ3v) is 3.97. The first-order valence-electron chi connectivity index (χ1n) is 7.01. The van der Waals surface area contributed by atoms with Crippen molar-refractivity contribution in [2.75, 3.05) is 20.4 Å². The Morgan fingerprint density at radius 1 is 1.37 bits per heavy atom.